The maximum absolute atomic E-state index is 13.7. The van der Waals surface area contributed by atoms with Gasteiger partial charge in [0.2, 0.25) is 5.95 Å². The highest BCUT2D eigenvalue weighted by atomic mass is 16.5. The van der Waals surface area contributed by atoms with E-state index in [2.05, 4.69) is 26.5 Å². The fourth-order valence-corrected chi connectivity index (χ4v) is 5.95. The Balaban J connectivity index is 1.33. The monoisotopic (exact) mass is 728 g/mol. The van der Waals surface area contributed by atoms with Gasteiger partial charge in [0.15, 0.2) is 0 Å². The SMILES string of the molecule is C=C/C(=C\C(=C/COC)OC)c1cc2cnc(-n3ccc(=Nc4ncc5cc(-c6cc(OC)cc(OC)c6)c(=O)n(CC)c5n4)cc3)nc2n(CC)c1=O. The molecule has 0 fully saturated rings. The second kappa shape index (κ2) is 16.3. The molecule has 0 spiro atoms. The smallest absolute Gasteiger partial charge is 0.260 e. The molecular weight excluding hydrogens is 688 g/mol. The van der Waals surface area contributed by atoms with Gasteiger partial charge in [0.25, 0.3) is 17.1 Å². The highest BCUT2D eigenvalue weighted by molar-refractivity contribution is 5.84. The number of aromatic nitrogens is 7. The van der Waals surface area contributed by atoms with Crippen LogP contribution in [-0.4, -0.2) is 68.7 Å². The lowest BCUT2D eigenvalue weighted by atomic mass is 10.1. The summed E-state index contributed by atoms with van der Waals surface area (Å²) in [6.07, 6.45) is 12.0. The summed E-state index contributed by atoms with van der Waals surface area (Å²) in [5, 5.41) is 1.94. The molecule has 0 aliphatic carbocycles. The third-order valence-electron chi connectivity index (χ3n) is 8.71. The number of methoxy groups -OCH3 is 4. The molecule has 6 aromatic rings. The van der Waals surface area contributed by atoms with Crippen LogP contribution in [0.4, 0.5) is 5.95 Å². The number of benzene rings is 1. The predicted octanol–water partition coefficient (Wildman–Crippen LogP) is 5.39. The summed E-state index contributed by atoms with van der Waals surface area (Å²) in [7, 11) is 6.27. The molecule has 6 rings (SSSR count). The van der Waals surface area contributed by atoms with Crippen LogP contribution in [0.15, 0.2) is 112 Å². The molecule has 0 saturated heterocycles. The van der Waals surface area contributed by atoms with E-state index in [1.807, 2.05) is 13.8 Å². The van der Waals surface area contributed by atoms with Crippen LogP contribution in [-0.2, 0) is 22.6 Å². The number of aryl methyl sites for hydroxylation is 2. The molecule has 276 valence electrons. The Kier molecular flexibility index (Phi) is 11.2. The largest absolute Gasteiger partial charge is 0.497 e. The van der Waals surface area contributed by atoms with Gasteiger partial charge in [-0.3, -0.25) is 23.3 Å². The molecule has 0 saturated carbocycles. The average Bonchev–Trinajstić information content (AvgIpc) is 3.20. The van der Waals surface area contributed by atoms with Crippen molar-refractivity contribution in [1.82, 2.24) is 33.6 Å². The lowest BCUT2D eigenvalue weighted by Gasteiger charge is -2.13. The zero-order chi connectivity index (χ0) is 38.4. The molecule has 5 heterocycles. The van der Waals surface area contributed by atoms with Crippen molar-refractivity contribution in [3.63, 3.8) is 0 Å². The summed E-state index contributed by atoms with van der Waals surface area (Å²) >= 11 is 0. The Morgan fingerprint density at radius 3 is 2.11 bits per heavy atom. The Labute approximate surface area is 310 Å². The van der Waals surface area contributed by atoms with Crippen LogP contribution in [0.2, 0.25) is 0 Å². The fourth-order valence-electron chi connectivity index (χ4n) is 5.95. The van der Waals surface area contributed by atoms with E-state index in [-0.39, 0.29) is 17.1 Å². The molecule has 54 heavy (non-hydrogen) atoms. The van der Waals surface area contributed by atoms with Crippen LogP contribution in [0.3, 0.4) is 0 Å². The van der Waals surface area contributed by atoms with Crippen LogP contribution < -0.4 is 25.9 Å². The van der Waals surface area contributed by atoms with Gasteiger partial charge in [-0.1, -0.05) is 12.7 Å². The standard InChI is InChI=1S/C40H40N8O6/c1-8-25(17-30(52-5)13-16-51-4)33-20-28-24-42-40(45-36(28)48(10-3)37(33)49)46-14-11-29(12-15-46)43-39-41-23-27-21-34(38(50)47(9-2)35(27)44-39)26-18-31(53-6)22-32(19-26)54-7/h8,11-15,17-24H,1,9-10,16H2,2-7H3/b25-17+,30-13+. The van der Waals surface area contributed by atoms with E-state index in [1.165, 1.54) is 0 Å². The summed E-state index contributed by atoms with van der Waals surface area (Å²) in [6, 6.07) is 12.4. The average molecular weight is 729 g/mol. The summed E-state index contributed by atoms with van der Waals surface area (Å²) in [5.74, 6) is 2.25. The number of hydrogen-bond acceptors (Lipinski definition) is 11. The number of ether oxygens (including phenoxy) is 4. The zero-order valence-corrected chi connectivity index (χ0v) is 30.9. The Morgan fingerprint density at radius 2 is 1.48 bits per heavy atom. The predicted molar refractivity (Wildman–Crippen MR) is 207 cm³/mol. The second-order valence-corrected chi connectivity index (χ2v) is 11.9. The number of fused-ring (bicyclic) bond motifs is 2. The lowest BCUT2D eigenvalue weighted by molar-refractivity contribution is 0.226. The minimum absolute atomic E-state index is 0.196. The van der Waals surface area contributed by atoms with E-state index in [4.69, 9.17) is 23.9 Å². The molecule has 14 heteroatoms. The second-order valence-electron chi connectivity index (χ2n) is 11.9. The molecular formula is C40H40N8O6. The molecule has 1 aromatic carbocycles. The maximum Gasteiger partial charge on any atom is 0.260 e. The highest BCUT2D eigenvalue weighted by Gasteiger charge is 2.16. The van der Waals surface area contributed by atoms with Gasteiger partial charge in [0.05, 0.1) is 33.3 Å². The normalized spacial score (nSPS) is 11.9. The van der Waals surface area contributed by atoms with E-state index in [0.717, 1.165) is 0 Å². The van der Waals surface area contributed by atoms with Gasteiger partial charge in [0, 0.05) is 73.0 Å². The van der Waals surface area contributed by atoms with E-state index < -0.39 is 0 Å². The van der Waals surface area contributed by atoms with Crippen molar-refractivity contribution in [3.8, 4) is 28.6 Å². The van der Waals surface area contributed by atoms with Gasteiger partial charge < -0.3 is 18.9 Å². The number of rotatable bonds is 13. The minimum Gasteiger partial charge on any atom is -0.497 e. The van der Waals surface area contributed by atoms with Crippen LogP contribution in [0, 0.1) is 0 Å². The number of allylic oxidation sites excluding steroid dienone is 3. The first kappa shape index (κ1) is 37.1. The van der Waals surface area contributed by atoms with Gasteiger partial charge >= 0.3 is 0 Å². The third-order valence-corrected chi connectivity index (χ3v) is 8.71. The van der Waals surface area contributed by atoms with E-state index in [0.29, 0.717) is 92.6 Å². The molecule has 0 radical (unpaired) electrons. The summed E-state index contributed by atoms with van der Waals surface area (Å²) < 4.78 is 26.3. The Morgan fingerprint density at radius 1 is 0.833 bits per heavy atom. The van der Waals surface area contributed by atoms with Gasteiger partial charge in [-0.2, -0.15) is 9.97 Å². The van der Waals surface area contributed by atoms with Crippen molar-refractivity contribution >= 4 is 33.6 Å². The minimum atomic E-state index is -0.220. The number of nitrogens with zero attached hydrogens (tertiary/aromatic N) is 8. The van der Waals surface area contributed by atoms with E-state index in [1.54, 1.807) is 128 Å². The molecule has 0 unspecified atom stereocenters. The van der Waals surface area contributed by atoms with Crippen molar-refractivity contribution in [3.05, 3.63) is 129 Å². The molecule has 0 aliphatic rings. The molecule has 0 aliphatic heterocycles. The van der Waals surface area contributed by atoms with E-state index >= 15 is 0 Å². The van der Waals surface area contributed by atoms with Crippen LogP contribution in [0.5, 0.6) is 11.5 Å². The fraction of sp³-hybridized carbons (Fsp3) is 0.225. The molecule has 0 atom stereocenters. The molecule has 5 aromatic heterocycles. The summed E-state index contributed by atoms with van der Waals surface area (Å²) in [5.41, 5.74) is 2.70. The van der Waals surface area contributed by atoms with Crippen molar-refractivity contribution in [2.75, 3.05) is 35.0 Å². The summed E-state index contributed by atoms with van der Waals surface area (Å²) in [4.78, 5) is 50.5. The highest BCUT2D eigenvalue weighted by Crippen LogP contribution is 2.30. The van der Waals surface area contributed by atoms with Crippen molar-refractivity contribution in [2.45, 2.75) is 26.9 Å². The molecule has 0 amide bonds. The van der Waals surface area contributed by atoms with Gasteiger partial charge in [0.1, 0.15) is 28.6 Å². The number of pyridine rings is 3. The van der Waals surface area contributed by atoms with Crippen molar-refractivity contribution < 1.29 is 18.9 Å². The van der Waals surface area contributed by atoms with Crippen molar-refractivity contribution in [2.24, 2.45) is 4.99 Å². The van der Waals surface area contributed by atoms with Crippen LogP contribution in [0.25, 0.3) is 44.7 Å². The lowest BCUT2D eigenvalue weighted by Crippen LogP contribution is -2.24. The Bertz CT molecular complexity index is 2590. The van der Waals surface area contributed by atoms with Crippen LogP contribution in [0.1, 0.15) is 19.4 Å². The van der Waals surface area contributed by atoms with Gasteiger partial charge in [-0.15, -0.1) is 0 Å². The third kappa shape index (κ3) is 7.45. The van der Waals surface area contributed by atoms with E-state index in [9.17, 15) is 9.59 Å². The first-order valence-corrected chi connectivity index (χ1v) is 17.1. The molecule has 0 bridgehead atoms. The van der Waals surface area contributed by atoms with Gasteiger partial charge in [-0.25, -0.2) is 15.0 Å². The zero-order valence-electron chi connectivity index (χ0n) is 30.9. The maximum atomic E-state index is 13.7. The summed E-state index contributed by atoms with van der Waals surface area (Å²) in [6.45, 7) is 8.82. The molecule has 14 nitrogen and oxygen atoms in total. The quantitative estimate of drug-likeness (QED) is 0.112. The van der Waals surface area contributed by atoms with Gasteiger partial charge in [-0.05, 0) is 73.5 Å². The van der Waals surface area contributed by atoms with Crippen molar-refractivity contribution in [1.29, 1.82) is 0 Å². The molecule has 0 N–H and O–H groups in total. The first-order valence-electron chi connectivity index (χ1n) is 17.1. The van der Waals surface area contributed by atoms with Crippen LogP contribution >= 0.6 is 0 Å². The topological polar surface area (TPSA) is 150 Å². The Hall–Kier alpha value is -6.67. The number of hydrogen-bond donors (Lipinski definition) is 0. The first-order chi connectivity index (χ1) is 26.2.